The van der Waals surface area contributed by atoms with Crippen LogP contribution in [0.3, 0.4) is 0 Å². The molecule has 8 nitrogen and oxygen atoms in total. The van der Waals surface area contributed by atoms with Gasteiger partial charge in [-0.2, -0.15) is 0 Å². The SMILES string of the molecule is O=C(COC(=O)C1CC(=O)N(c2ccc(N3C(=O)c4ccccc4C3=O)cc2)C1)c1ccccc1. The van der Waals surface area contributed by atoms with E-state index >= 15 is 0 Å². The molecule has 2 heterocycles. The average Bonchev–Trinajstić information content (AvgIpc) is 3.40. The molecule has 3 aromatic carbocycles. The van der Waals surface area contributed by atoms with E-state index in [2.05, 4.69) is 0 Å². The number of ether oxygens (including phenoxy) is 1. The minimum absolute atomic E-state index is 0.0292. The molecule has 1 saturated heterocycles. The number of nitrogens with zero attached hydrogens (tertiary/aromatic N) is 2. The standard InChI is InChI=1S/C27H20N2O6/c30-23(17-6-2-1-3-7-17)16-35-27(34)18-14-24(31)28(15-18)19-10-12-20(13-11-19)29-25(32)21-8-4-5-9-22(21)26(29)33/h1-13,18H,14-16H2. The smallest absolute Gasteiger partial charge is 0.311 e. The van der Waals surface area contributed by atoms with Crippen molar-refractivity contribution in [1.29, 1.82) is 0 Å². The summed E-state index contributed by atoms with van der Waals surface area (Å²) in [5.41, 5.74) is 2.07. The van der Waals surface area contributed by atoms with Crippen LogP contribution >= 0.6 is 0 Å². The Labute approximate surface area is 200 Å². The molecule has 0 spiro atoms. The number of rotatable bonds is 6. The second-order valence-corrected chi connectivity index (χ2v) is 8.31. The lowest BCUT2D eigenvalue weighted by atomic mass is 10.1. The minimum atomic E-state index is -0.693. The van der Waals surface area contributed by atoms with Gasteiger partial charge in [0, 0.05) is 24.2 Å². The molecule has 2 aliphatic rings. The molecule has 1 atom stereocenters. The summed E-state index contributed by atoms with van der Waals surface area (Å²) in [7, 11) is 0. The van der Waals surface area contributed by atoms with Gasteiger partial charge in [0.1, 0.15) is 0 Å². The van der Waals surface area contributed by atoms with E-state index in [0.29, 0.717) is 28.1 Å². The predicted molar refractivity (Wildman–Crippen MR) is 126 cm³/mol. The highest BCUT2D eigenvalue weighted by molar-refractivity contribution is 6.34. The quantitative estimate of drug-likeness (QED) is 0.313. The van der Waals surface area contributed by atoms with Gasteiger partial charge in [0.25, 0.3) is 11.8 Å². The number of anilines is 2. The summed E-state index contributed by atoms with van der Waals surface area (Å²) in [6, 6.07) is 21.6. The lowest BCUT2D eigenvalue weighted by Gasteiger charge is -2.19. The largest absolute Gasteiger partial charge is 0.457 e. The molecule has 0 aromatic heterocycles. The van der Waals surface area contributed by atoms with Gasteiger partial charge in [0.2, 0.25) is 5.91 Å². The molecular formula is C27H20N2O6. The Balaban J connectivity index is 1.23. The van der Waals surface area contributed by atoms with E-state index in [9.17, 15) is 24.0 Å². The number of imide groups is 1. The lowest BCUT2D eigenvalue weighted by molar-refractivity contribution is -0.147. The summed E-state index contributed by atoms with van der Waals surface area (Å²) in [5, 5.41) is 0. The van der Waals surface area contributed by atoms with Gasteiger partial charge in [-0.3, -0.25) is 24.0 Å². The number of amides is 3. The fraction of sp³-hybridized carbons (Fsp3) is 0.148. The van der Waals surface area contributed by atoms with Gasteiger partial charge >= 0.3 is 5.97 Å². The van der Waals surface area contributed by atoms with Gasteiger partial charge in [0.05, 0.1) is 22.7 Å². The second kappa shape index (κ2) is 8.98. The first-order valence-corrected chi connectivity index (χ1v) is 11.1. The van der Waals surface area contributed by atoms with Crippen LogP contribution in [0.25, 0.3) is 0 Å². The Hall–Kier alpha value is -4.59. The number of carbonyl (C=O) groups is 5. The van der Waals surface area contributed by atoms with Gasteiger partial charge in [-0.1, -0.05) is 42.5 Å². The van der Waals surface area contributed by atoms with E-state index in [1.54, 1.807) is 78.9 Å². The number of hydrogen-bond acceptors (Lipinski definition) is 6. The van der Waals surface area contributed by atoms with Crippen LogP contribution in [0.1, 0.15) is 37.5 Å². The van der Waals surface area contributed by atoms with Crippen molar-refractivity contribution < 1.29 is 28.7 Å². The summed E-state index contributed by atoms with van der Waals surface area (Å²) < 4.78 is 5.17. The summed E-state index contributed by atoms with van der Waals surface area (Å²) in [6.45, 7) is -0.272. The van der Waals surface area contributed by atoms with Gasteiger partial charge in [-0.25, -0.2) is 4.90 Å². The monoisotopic (exact) mass is 468 g/mol. The fourth-order valence-electron chi connectivity index (χ4n) is 4.28. The number of Topliss-reactive ketones (excluding diaryl/α,β-unsaturated/α-hetero) is 1. The lowest BCUT2D eigenvalue weighted by Crippen LogP contribution is -2.30. The van der Waals surface area contributed by atoms with Gasteiger partial charge < -0.3 is 9.64 Å². The average molecular weight is 468 g/mol. The van der Waals surface area contributed by atoms with Crippen molar-refractivity contribution in [2.45, 2.75) is 6.42 Å². The first kappa shape index (κ1) is 22.2. The Morgan fingerprint density at radius 1 is 0.771 bits per heavy atom. The van der Waals surface area contributed by atoms with Crippen molar-refractivity contribution in [2.24, 2.45) is 5.92 Å². The molecule has 0 N–H and O–H groups in total. The minimum Gasteiger partial charge on any atom is -0.457 e. The zero-order valence-corrected chi connectivity index (χ0v) is 18.5. The second-order valence-electron chi connectivity index (χ2n) is 8.31. The Morgan fingerprint density at radius 2 is 1.34 bits per heavy atom. The van der Waals surface area contributed by atoms with Gasteiger partial charge in [-0.05, 0) is 36.4 Å². The number of benzene rings is 3. The van der Waals surface area contributed by atoms with Gasteiger partial charge in [-0.15, -0.1) is 0 Å². The van der Waals surface area contributed by atoms with E-state index in [-0.39, 0.29) is 31.3 Å². The fourth-order valence-corrected chi connectivity index (χ4v) is 4.28. The van der Waals surface area contributed by atoms with E-state index in [0.717, 1.165) is 4.90 Å². The van der Waals surface area contributed by atoms with Crippen molar-refractivity contribution in [3.8, 4) is 0 Å². The van der Waals surface area contributed by atoms with Crippen LogP contribution in [0.2, 0.25) is 0 Å². The molecule has 174 valence electrons. The normalized spacial score (nSPS) is 17.0. The molecule has 0 radical (unpaired) electrons. The molecule has 0 bridgehead atoms. The topological polar surface area (TPSA) is 101 Å². The molecule has 5 rings (SSSR count). The molecular weight excluding hydrogens is 448 g/mol. The first-order valence-electron chi connectivity index (χ1n) is 11.1. The Bertz CT molecular complexity index is 1310. The third kappa shape index (κ3) is 4.10. The van der Waals surface area contributed by atoms with E-state index in [1.807, 2.05) is 0 Å². The third-order valence-electron chi connectivity index (χ3n) is 6.11. The van der Waals surface area contributed by atoms with Crippen LogP contribution in [-0.2, 0) is 14.3 Å². The molecule has 0 saturated carbocycles. The molecule has 8 heteroatoms. The zero-order chi connectivity index (χ0) is 24.5. The van der Waals surface area contributed by atoms with Gasteiger partial charge in [0.15, 0.2) is 12.4 Å². The number of ketones is 1. The maximum atomic E-state index is 12.7. The summed E-state index contributed by atoms with van der Waals surface area (Å²) >= 11 is 0. The van der Waals surface area contributed by atoms with Crippen molar-refractivity contribution in [3.05, 3.63) is 95.6 Å². The molecule has 35 heavy (non-hydrogen) atoms. The van der Waals surface area contributed by atoms with Crippen LogP contribution in [-0.4, -0.2) is 42.6 Å². The summed E-state index contributed by atoms with van der Waals surface area (Å²) in [5.74, 6) is -2.67. The molecule has 3 aromatic rings. The zero-order valence-electron chi connectivity index (χ0n) is 18.5. The van der Waals surface area contributed by atoms with Crippen molar-refractivity contribution in [3.63, 3.8) is 0 Å². The van der Waals surface area contributed by atoms with Crippen LogP contribution < -0.4 is 9.80 Å². The molecule has 2 aliphatic heterocycles. The van der Waals surface area contributed by atoms with Crippen molar-refractivity contribution in [1.82, 2.24) is 0 Å². The third-order valence-corrected chi connectivity index (χ3v) is 6.11. The van der Waals surface area contributed by atoms with Crippen LogP contribution in [0.15, 0.2) is 78.9 Å². The predicted octanol–water partition coefficient (Wildman–Crippen LogP) is 3.27. The highest BCUT2D eigenvalue weighted by Gasteiger charge is 2.38. The molecule has 0 aliphatic carbocycles. The van der Waals surface area contributed by atoms with E-state index < -0.39 is 23.7 Å². The van der Waals surface area contributed by atoms with Crippen LogP contribution in [0.4, 0.5) is 11.4 Å². The van der Waals surface area contributed by atoms with Crippen LogP contribution in [0, 0.1) is 5.92 Å². The highest BCUT2D eigenvalue weighted by atomic mass is 16.5. The van der Waals surface area contributed by atoms with Crippen molar-refractivity contribution in [2.75, 3.05) is 23.0 Å². The van der Waals surface area contributed by atoms with E-state index in [4.69, 9.17) is 4.74 Å². The maximum Gasteiger partial charge on any atom is 0.311 e. The van der Waals surface area contributed by atoms with Crippen molar-refractivity contribution >= 4 is 40.8 Å². The Morgan fingerprint density at radius 3 is 1.97 bits per heavy atom. The number of hydrogen-bond donors (Lipinski definition) is 0. The van der Waals surface area contributed by atoms with Crippen LogP contribution in [0.5, 0.6) is 0 Å². The Kier molecular flexibility index (Phi) is 5.70. The molecule has 3 amide bonds. The highest BCUT2D eigenvalue weighted by Crippen LogP contribution is 2.31. The first-order chi connectivity index (χ1) is 16.9. The molecule has 1 fully saturated rings. The molecule has 1 unspecified atom stereocenters. The van der Waals surface area contributed by atoms with E-state index in [1.165, 1.54) is 4.90 Å². The maximum absolute atomic E-state index is 12.7. The number of carbonyl (C=O) groups excluding carboxylic acids is 5. The number of fused-ring (bicyclic) bond motifs is 1. The number of esters is 1. The summed E-state index contributed by atoms with van der Waals surface area (Å²) in [4.78, 5) is 65.1. The summed E-state index contributed by atoms with van der Waals surface area (Å²) in [6.07, 6.45) is -0.0292.